The fraction of sp³-hybridized carbons (Fsp3) is 0.583. The Morgan fingerprint density at radius 1 is 1.58 bits per heavy atom. The number of rotatable bonds is 3. The molecule has 1 fully saturated rings. The standard InChI is InChI=1S/C12H17BrN4O2/c1-16(2)8-4-3-5-17(7-8)12-14-6-9(13)10(15-12)11(18)19/h6,8H,3-5,7H2,1-2H3,(H,18,19). The first kappa shape index (κ1) is 14.2. The van der Waals surface area contributed by atoms with Gasteiger partial charge in [0.2, 0.25) is 5.95 Å². The molecule has 1 aliphatic heterocycles. The van der Waals surface area contributed by atoms with Crippen molar-refractivity contribution in [2.45, 2.75) is 18.9 Å². The maximum absolute atomic E-state index is 11.1. The van der Waals surface area contributed by atoms with Crippen LogP contribution in [0.1, 0.15) is 23.3 Å². The largest absolute Gasteiger partial charge is 0.476 e. The van der Waals surface area contributed by atoms with Crippen molar-refractivity contribution in [1.29, 1.82) is 0 Å². The molecule has 1 N–H and O–H groups in total. The summed E-state index contributed by atoms with van der Waals surface area (Å²) in [5.74, 6) is -0.552. The van der Waals surface area contributed by atoms with Crippen LogP contribution in [0.4, 0.5) is 5.95 Å². The Bertz CT molecular complexity index is 481. The minimum Gasteiger partial charge on any atom is -0.476 e. The quantitative estimate of drug-likeness (QED) is 0.906. The molecule has 104 valence electrons. The molecule has 1 atom stereocenters. The van der Waals surface area contributed by atoms with Crippen LogP contribution in [0.15, 0.2) is 10.7 Å². The van der Waals surface area contributed by atoms with Crippen molar-refractivity contribution in [3.8, 4) is 0 Å². The van der Waals surface area contributed by atoms with E-state index in [4.69, 9.17) is 5.11 Å². The van der Waals surface area contributed by atoms with E-state index in [1.807, 2.05) is 4.90 Å². The number of aromatic carboxylic acids is 1. The number of halogens is 1. The van der Waals surface area contributed by atoms with E-state index in [1.54, 1.807) is 0 Å². The van der Waals surface area contributed by atoms with Crippen LogP contribution in [0.25, 0.3) is 0 Å². The highest BCUT2D eigenvalue weighted by atomic mass is 79.9. The molecule has 19 heavy (non-hydrogen) atoms. The monoisotopic (exact) mass is 328 g/mol. The van der Waals surface area contributed by atoms with Crippen molar-refractivity contribution in [2.24, 2.45) is 0 Å². The Labute approximate surface area is 120 Å². The molecule has 2 heterocycles. The molecule has 1 aromatic rings. The summed E-state index contributed by atoms with van der Waals surface area (Å²) in [5.41, 5.74) is 0.0111. The van der Waals surface area contributed by atoms with Crippen LogP contribution in [0.3, 0.4) is 0 Å². The predicted molar refractivity (Wildman–Crippen MR) is 75.6 cm³/mol. The van der Waals surface area contributed by atoms with Gasteiger partial charge in [0.05, 0.1) is 4.47 Å². The highest BCUT2D eigenvalue weighted by Gasteiger charge is 2.24. The van der Waals surface area contributed by atoms with Gasteiger partial charge in [-0.3, -0.25) is 0 Å². The molecule has 1 aliphatic rings. The van der Waals surface area contributed by atoms with Crippen LogP contribution in [0.5, 0.6) is 0 Å². The molecule has 6 nitrogen and oxygen atoms in total. The lowest BCUT2D eigenvalue weighted by Gasteiger charge is -2.36. The number of likely N-dealkylation sites (N-methyl/N-ethyl adjacent to an activating group) is 1. The van der Waals surface area contributed by atoms with Gasteiger partial charge in [0.25, 0.3) is 0 Å². The summed E-state index contributed by atoms with van der Waals surface area (Å²) in [4.78, 5) is 23.7. The predicted octanol–water partition coefficient (Wildman–Crippen LogP) is 1.47. The molecule has 7 heteroatoms. The van der Waals surface area contributed by atoms with E-state index in [-0.39, 0.29) is 5.69 Å². The first-order chi connectivity index (χ1) is 8.99. The minimum absolute atomic E-state index is 0.0111. The molecule has 0 radical (unpaired) electrons. The molecule has 1 aromatic heterocycles. The Morgan fingerprint density at radius 3 is 2.95 bits per heavy atom. The summed E-state index contributed by atoms with van der Waals surface area (Å²) in [7, 11) is 4.11. The number of aromatic nitrogens is 2. The van der Waals surface area contributed by atoms with Crippen LogP contribution >= 0.6 is 15.9 Å². The Balaban J connectivity index is 2.22. The zero-order valence-electron chi connectivity index (χ0n) is 11.0. The molecule has 0 amide bonds. The highest BCUT2D eigenvalue weighted by molar-refractivity contribution is 9.10. The van der Waals surface area contributed by atoms with Crippen molar-refractivity contribution in [3.63, 3.8) is 0 Å². The Morgan fingerprint density at radius 2 is 2.32 bits per heavy atom. The number of anilines is 1. The van der Waals surface area contributed by atoms with Crippen molar-refractivity contribution in [2.75, 3.05) is 32.1 Å². The Kier molecular flexibility index (Phi) is 4.36. The van der Waals surface area contributed by atoms with Crippen LogP contribution in [0, 0.1) is 0 Å². The molecule has 1 saturated heterocycles. The smallest absolute Gasteiger partial charge is 0.355 e. The van der Waals surface area contributed by atoms with E-state index in [2.05, 4.69) is 44.9 Å². The maximum Gasteiger partial charge on any atom is 0.355 e. The number of nitrogens with zero attached hydrogens (tertiary/aromatic N) is 4. The van der Waals surface area contributed by atoms with E-state index < -0.39 is 5.97 Å². The molecule has 2 rings (SSSR count). The zero-order chi connectivity index (χ0) is 14.0. The van der Waals surface area contributed by atoms with Gasteiger partial charge in [-0.25, -0.2) is 14.8 Å². The minimum atomic E-state index is -1.04. The van der Waals surface area contributed by atoms with Gasteiger partial charge >= 0.3 is 5.97 Å². The van der Waals surface area contributed by atoms with E-state index in [0.29, 0.717) is 16.5 Å². The molecule has 0 bridgehead atoms. The number of carboxylic acid groups (broad SMARTS) is 1. The van der Waals surface area contributed by atoms with Gasteiger partial charge < -0.3 is 14.9 Å². The van der Waals surface area contributed by atoms with Gasteiger partial charge in [-0.2, -0.15) is 0 Å². The van der Waals surface area contributed by atoms with Crippen molar-refractivity contribution in [1.82, 2.24) is 14.9 Å². The molecule has 0 spiro atoms. The summed E-state index contributed by atoms with van der Waals surface area (Å²) in [6.45, 7) is 1.69. The topological polar surface area (TPSA) is 69.6 Å². The third kappa shape index (κ3) is 3.22. The number of hydrogen-bond acceptors (Lipinski definition) is 5. The second-order valence-corrected chi connectivity index (χ2v) is 5.73. The molecule has 1 unspecified atom stereocenters. The van der Waals surface area contributed by atoms with E-state index in [9.17, 15) is 4.79 Å². The van der Waals surface area contributed by atoms with E-state index >= 15 is 0 Å². The SMILES string of the molecule is CN(C)C1CCCN(c2ncc(Br)c(C(=O)O)n2)C1. The summed E-state index contributed by atoms with van der Waals surface area (Å²) < 4.78 is 0.407. The summed E-state index contributed by atoms with van der Waals surface area (Å²) >= 11 is 3.16. The second-order valence-electron chi connectivity index (χ2n) is 4.88. The van der Waals surface area contributed by atoms with Gasteiger partial charge in [0, 0.05) is 25.3 Å². The number of carboxylic acids is 1. The summed E-state index contributed by atoms with van der Waals surface area (Å²) in [5, 5.41) is 9.08. The van der Waals surface area contributed by atoms with Crippen molar-refractivity contribution in [3.05, 3.63) is 16.4 Å². The van der Waals surface area contributed by atoms with Gasteiger partial charge in [0.15, 0.2) is 5.69 Å². The Hall–Kier alpha value is -1.21. The lowest BCUT2D eigenvalue weighted by molar-refractivity contribution is 0.0689. The molecule has 0 saturated carbocycles. The van der Waals surface area contributed by atoms with Crippen LogP contribution in [-0.2, 0) is 0 Å². The van der Waals surface area contributed by atoms with Crippen LogP contribution in [0.2, 0.25) is 0 Å². The van der Waals surface area contributed by atoms with Gasteiger partial charge in [-0.1, -0.05) is 0 Å². The van der Waals surface area contributed by atoms with Gasteiger partial charge in [0.1, 0.15) is 0 Å². The normalized spacial score (nSPS) is 19.8. The lowest BCUT2D eigenvalue weighted by Crippen LogP contribution is -2.45. The number of hydrogen-bond donors (Lipinski definition) is 1. The molecular formula is C12H17BrN4O2. The number of carbonyl (C=O) groups is 1. The van der Waals surface area contributed by atoms with Gasteiger partial charge in [-0.15, -0.1) is 0 Å². The highest BCUT2D eigenvalue weighted by Crippen LogP contribution is 2.21. The molecular weight excluding hydrogens is 312 g/mol. The van der Waals surface area contributed by atoms with E-state index in [0.717, 1.165) is 25.9 Å². The second kappa shape index (κ2) is 5.83. The van der Waals surface area contributed by atoms with Crippen LogP contribution < -0.4 is 4.90 Å². The third-order valence-corrected chi connectivity index (χ3v) is 3.92. The van der Waals surface area contributed by atoms with E-state index in [1.165, 1.54) is 6.20 Å². The summed E-state index contributed by atoms with van der Waals surface area (Å²) in [6, 6.07) is 0.453. The maximum atomic E-state index is 11.1. The fourth-order valence-corrected chi connectivity index (χ4v) is 2.58. The first-order valence-corrected chi connectivity index (χ1v) is 6.95. The van der Waals surface area contributed by atoms with Crippen molar-refractivity contribution < 1.29 is 9.90 Å². The van der Waals surface area contributed by atoms with Gasteiger partial charge in [-0.05, 0) is 42.9 Å². The number of piperidine rings is 1. The molecule has 0 aromatic carbocycles. The zero-order valence-corrected chi connectivity index (χ0v) is 12.6. The van der Waals surface area contributed by atoms with Crippen LogP contribution in [-0.4, -0.2) is 59.2 Å². The first-order valence-electron chi connectivity index (χ1n) is 6.16. The average Bonchev–Trinajstić information content (AvgIpc) is 2.39. The molecule has 0 aliphatic carbocycles. The van der Waals surface area contributed by atoms with Crippen molar-refractivity contribution >= 4 is 27.8 Å². The summed E-state index contributed by atoms with van der Waals surface area (Å²) in [6.07, 6.45) is 3.71. The average molecular weight is 329 g/mol. The third-order valence-electron chi connectivity index (χ3n) is 3.34. The fourth-order valence-electron chi connectivity index (χ4n) is 2.22. The lowest BCUT2D eigenvalue weighted by atomic mass is 10.1.